The number of methoxy groups -OCH3 is 1. The highest BCUT2D eigenvalue weighted by Crippen LogP contribution is 2.63. The Labute approximate surface area is 135 Å². The monoisotopic (exact) mass is 314 g/mol. The van der Waals surface area contributed by atoms with Crippen LogP contribution in [0.1, 0.15) is 30.4 Å². The summed E-state index contributed by atoms with van der Waals surface area (Å²) in [6, 6.07) is 4.79. The quantitative estimate of drug-likeness (QED) is 0.638. The van der Waals surface area contributed by atoms with E-state index in [4.69, 9.17) is 9.47 Å². The van der Waals surface area contributed by atoms with E-state index in [1.807, 2.05) is 6.07 Å². The number of piperidine rings is 1. The molecule has 1 aromatic carbocycles. The molecule has 5 nitrogen and oxygen atoms in total. The molecule has 122 valence electrons. The van der Waals surface area contributed by atoms with Crippen LogP contribution in [0.5, 0.6) is 11.5 Å². The second kappa shape index (κ2) is 4.41. The van der Waals surface area contributed by atoms with Crippen LogP contribution in [0.3, 0.4) is 0 Å². The van der Waals surface area contributed by atoms with Crippen LogP contribution < -0.4 is 9.47 Å². The summed E-state index contributed by atoms with van der Waals surface area (Å²) < 4.78 is 12.0. The molecule has 0 radical (unpaired) electrons. The van der Waals surface area contributed by atoms with E-state index >= 15 is 0 Å². The fraction of sp³-hybridized carbons (Fsp3) is 0.611. The number of benzene rings is 1. The number of nitrogens with zero attached hydrogens (tertiary/aromatic N) is 2. The van der Waals surface area contributed by atoms with Gasteiger partial charge in [-0.2, -0.15) is 0 Å². The van der Waals surface area contributed by atoms with Gasteiger partial charge < -0.3 is 19.6 Å². The van der Waals surface area contributed by atoms with Crippen molar-refractivity contribution in [3.05, 3.63) is 23.3 Å². The second-order valence-corrected chi connectivity index (χ2v) is 7.41. The number of rotatable bonds is 1. The maximum absolute atomic E-state index is 9.53. The van der Waals surface area contributed by atoms with Gasteiger partial charge >= 0.3 is 0 Å². The highest BCUT2D eigenvalue weighted by molar-refractivity contribution is 5.93. The summed E-state index contributed by atoms with van der Waals surface area (Å²) in [4.78, 5) is 2.51. The van der Waals surface area contributed by atoms with E-state index in [0.717, 1.165) is 49.4 Å². The van der Waals surface area contributed by atoms with Gasteiger partial charge in [-0.15, -0.1) is 0 Å². The molecule has 23 heavy (non-hydrogen) atoms. The lowest BCUT2D eigenvalue weighted by atomic mass is 9.51. The van der Waals surface area contributed by atoms with Gasteiger partial charge in [-0.3, -0.25) is 0 Å². The summed E-state index contributed by atoms with van der Waals surface area (Å²) in [7, 11) is 3.94. The summed E-state index contributed by atoms with van der Waals surface area (Å²) >= 11 is 0. The van der Waals surface area contributed by atoms with Crippen LogP contribution in [0.25, 0.3) is 0 Å². The van der Waals surface area contributed by atoms with E-state index in [1.54, 1.807) is 7.11 Å². The van der Waals surface area contributed by atoms with E-state index in [1.165, 1.54) is 11.1 Å². The first kappa shape index (κ1) is 13.7. The number of likely N-dealkylation sites (N-methyl/N-ethyl adjacent to an activating group) is 1. The number of likely N-dealkylation sites (tertiary alicyclic amines) is 1. The third-order valence-electron chi connectivity index (χ3n) is 6.74. The predicted octanol–water partition coefficient (Wildman–Crippen LogP) is 2.19. The molecule has 0 amide bonds. The van der Waals surface area contributed by atoms with Crippen molar-refractivity contribution < 1.29 is 14.7 Å². The highest BCUT2D eigenvalue weighted by atomic mass is 16.5. The normalized spacial score (nSPS) is 39.0. The fourth-order valence-electron chi connectivity index (χ4n) is 5.79. The first-order chi connectivity index (χ1) is 11.2. The molecule has 5 rings (SSSR count). The van der Waals surface area contributed by atoms with Crippen molar-refractivity contribution in [2.24, 2.45) is 11.1 Å². The van der Waals surface area contributed by atoms with E-state index in [9.17, 15) is 5.21 Å². The number of oxime groups is 1. The molecule has 0 aromatic heterocycles. The zero-order chi connectivity index (χ0) is 15.8. The molecule has 1 aromatic rings. The Hall–Kier alpha value is -1.75. The van der Waals surface area contributed by atoms with Crippen molar-refractivity contribution in [2.75, 3.05) is 20.7 Å². The van der Waals surface area contributed by atoms with Crippen molar-refractivity contribution >= 4 is 5.71 Å². The molecule has 2 bridgehead atoms. The maximum Gasteiger partial charge on any atom is 0.166 e. The van der Waals surface area contributed by atoms with Gasteiger partial charge in [0.25, 0.3) is 0 Å². The second-order valence-electron chi connectivity index (χ2n) is 7.41. The molecule has 4 aliphatic rings. The number of hydrogen-bond acceptors (Lipinski definition) is 5. The molecule has 2 heterocycles. The fourth-order valence-corrected chi connectivity index (χ4v) is 5.79. The summed E-state index contributed by atoms with van der Waals surface area (Å²) in [5.74, 6) is 2.27. The van der Waals surface area contributed by atoms with Crippen LogP contribution in [0.4, 0.5) is 0 Å². The number of ether oxygens (including phenoxy) is 2. The summed E-state index contributed by atoms with van der Waals surface area (Å²) in [5, 5.41) is 13.1. The minimum absolute atomic E-state index is 0.0333. The van der Waals surface area contributed by atoms with Gasteiger partial charge in [0, 0.05) is 17.0 Å². The minimum atomic E-state index is -0.132. The molecule has 1 spiro atoms. The number of hydrogen-bond donors (Lipinski definition) is 1. The summed E-state index contributed by atoms with van der Waals surface area (Å²) in [6.45, 7) is 1.07. The van der Waals surface area contributed by atoms with Crippen LogP contribution in [-0.4, -0.2) is 48.7 Å². The Kier molecular flexibility index (Phi) is 2.62. The van der Waals surface area contributed by atoms with Crippen LogP contribution in [0, 0.1) is 5.92 Å². The van der Waals surface area contributed by atoms with Crippen molar-refractivity contribution in [1.82, 2.24) is 4.90 Å². The predicted molar refractivity (Wildman–Crippen MR) is 85.8 cm³/mol. The van der Waals surface area contributed by atoms with Crippen LogP contribution >= 0.6 is 0 Å². The van der Waals surface area contributed by atoms with Gasteiger partial charge in [-0.25, -0.2) is 0 Å². The van der Waals surface area contributed by atoms with Gasteiger partial charge in [0.15, 0.2) is 17.6 Å². The van der Waals surface area contributed by atoms with E-state index in [0.29, 0.717) is 12.0 Å². The molecule has 4 atom stereocenters. The SMILES string of the molecule is COc1ccc2c3c1O[C@H]1/C(=N/O)CC[C@H]4[C@@H](C2)N(C)CC[C@]314. The van der Waals surface area contributed by atoms with Crippen molar-refractivity contribution in [3.8, 4) is 11.5 Å². The third-order valence-corrected chi connectivity index (χ3v) is 6.74. The molecule has 2 aliphatic carbocycles. The van der Waals surface area contributed by atoms with Crippen LogP contribution in [0.2, 0.25) is 0 Å². The molecule has 0 unspecified atom stereocenters. The lowest BCUT2D eigenvalue weighted by Crippen LogP contribution is -2.65. The smallest absolute Gasteiger partial charge is 0.166 e. The van der Waals surface area contributed by atoms with E-state index < -0.39 is 0 Å². The molecular weight excluding hydrogens is 292 g/mol. The van der Waals surface area contributed by atoms with Crippen LogP contribution in [-0.2, 0) is 11.8 Å². The topological polar surface area (TPSA) is 54.3 Å². The highest BCUT2D eigenvalue weighted by Gasteiger charge is 2.65. The molecular formula is C18H22N2O3. The Morgan fingerprint density at radius 3 is 3.09 bits per heavy atom. The standard InChI is InChI=1S/C18H22N2O3/c1-20-8-7-18-11-4-5-12(19-21)17(18)23-16-14(22-2)6-3-10(15(16)18)9-13(11)20/h3,6,11,13,17,21H,4-5,7-9H2,1-2H3/b19-12+/t11-,13+,17-,18-/m0/s1. The maximum atomic E-state index is 9.53. The molecule has 2 fully saturated rings. The Bertz CT molecular complexity index is 716. The van der Waals surface area contributed by atoms with E-state index in [2.05, 4.69) is 23.2 Å². The Morgan fingerprint density at radius 2 is 2.30 bits per heavy atom. The lowest BCUT2D eigenvalue weighted by molar-refractivity contribution is -0.00803. The van der Waals surface area contributed by atoms with Crippen LogP contribution in [0.15, 0.2) is 17.3 Å². The molecule has 5 heteroatoms. The lowest BCUT2D eigenvalue weighted by Gasteiger charge is -2.57. The zero-order valence-electron chi connectivity index (χ0n) is 13.6. The molecule has 1 saturated carbocycles. The van der Waals surface area contributed by atoms with Gasteiger partial charge in [0.1, 0.15) is 0 Å². The van der Waals surface area contributed by atoms with Gasteiger partial charge in [0.05, 0.1) is 12.8 Å². The van der Waals surface area contributed by atoms with E-state index in [-0.39, 0.29) is 11.5 Å². The largest absolute Gasteiger partial charge is 0.493 e. The van der Waals surface area contributed by atoms with Gasteiger partial charge in [0.2, 0.25) is 0 Å². The van der Waals surface area contributed by atoms with Crippen molar-refractivity contribution in [2.45, 2.75) is 43.2 Å². The average molecular weight is 314 g/mol. The first-order valence-corrected chi connectivity index (χ1v) is 8.48. The molecule has 1 saturated heterocycles. The Balaban J connectivity index is 1.80. The van der Waals surface area contributed by atoms with Crippen molar-refractivity contribution in [1.29, 1.82) is 0 Å². The average Bonchev–Trinajstić information content (AvgIpc) is 2.92. The van der Waals surface area contributed by atoms with Crippen molar-refractivity contribution in [3.63, 3.8) is 0 Å². The zero-order valence-corrected chi connectivity index (χ0v) is 13.6. The summed E-state index contributed by atoms with van der Waals surface area (Å²) in [6.07, 6.45) is 3.90. The first-order valence-electron chi connectivity index (χ1n) is 8.48. The van der Waals surface area contributed by atoms with Gasteiger partial charge in [-0.05, 0) is 56.8 Å². The molecule has 1 N–H and O–H groups in total. The molecule has 2 aliphatic heterocycles. The van der Waals surface area contributed by atoms with Gasteiger partial charge in [-0.1, -0.05) is 11.2 Å². The Morgan fingerprint density at radius 1 is 1.43 bits per heavy atom. The minimum Gasteiger partial charge on any atom is -0.493 e. The third kappa shape index (κ3) is 1.45. The summed E-state index contributed by atoms with van der Waals surface area (Å²) in [5.41, 5.74) is 3.50.